The number of rotatable bonds is 2. The number of nitrogen functional groups attached to an aromatic ring is 1. The van der Waals surface area contributed by atoms with Gasteiger partial charge in [0.2, 0.25) is 0 Å². The first-order chi connectivity index (χ1) is 9.32. The Hall–Kier alpha value is -1.66. The van der Waals surface area contributed by atoms with E-state index in [4.69, 9.17) is 15.2 Å². The van der Waals surface area contributed by atoms with Crippen LogP contribution < -0.4 is 5.73 Å². The molecule has 1 fully saturated rings. The van der Waals surface area contributed by atoms with E-state index < -0.39 is 23.8 Å². The van der Waals surface area contributed by atoms with Gasteiger partial charge < -0.3 is 20.3 Å². The number of carbonyl (C=O) groups is 1. The Morgan fingerprint density at radius 3 is 2.95 bits per heavy atom. The topological polar surface area (TPSA) is 94.7 Å². The van der Waals surface area contributed by atoms with Crippen molar-refractivity contribution in [2.45, 2.75) is 51.1 Å². The van der Waals surface area contributed by atoms with Crippen LogP contribution in [0, 0.1) is 0 Å². The lowest BCUT2D eigenvalue weighted by molar-refractivity contribution is -0.226. The average molecular weight is 280 g/mol. The van der Waals surface area contributed by atoms with Gasteiger partial charge in [0.1, 0.15) is 11.7 Å². The van der Waals surface area contributed by atoms with Crippen molar-refractivity contribution in [1.29, 1.82) is 0 Å². The fraction of sp³-hybridized carbons (Fsp3) is 0.571. The summed E-state index contributed by atoms with van der Waals surface area (Å²) in [7, 11) is 0. The number of esters is 1. The van der Waals surface area contributed by atoms with Crippen molar-refractivity contribution in [3.05, 3.63) is 24.0 Å². The van der Waals surface area contributed by atoms with Crippen molar-refractivity contribution in [3.8, 4) is 0 Å². The van der Waals surface area contributed by atoms with Crippen molar-refractivity contribution in [2.75, 3.05) is 5.73 Å². The van der Waals surface area contributed by atoms with Gasteiger partial charge in [-0.25, -0.2) is 0 Å². The smallest absolute Gasteiger partial charge is 0.303 e. The van der Waals surface area contributed by atoms with Crippen molar-refractivity contribution < 1.29 is 19.4 Å². The molecule has 0 bridgehead atoms. The van der Waals surface area contributed by atoms with E-state index >= 15 is 0 Å². The number of ether oxygens (including phenoxy) is 2. The number of nitrogens with zero attached hydrogens (tertiary/aromatic N) is 1. The highest BCUT2D eigenvalue weighted by Gasteiger charge is 2.47. The van der Waals surface area contributed by atoms with Gasteiger partial charge in [-0.1, -0.05) is 0 Å². The van der Waals surface area contributed by atoms with Gasteiger partial charge in [-0.05, 0) is 19.9 Å². The summed E-state index contributed by atoms with van der Waals surface area (Å²) in [6, 6.07) is 1.78. The summed E-state index contributed by atoms with van der Waals surface area (Å²) in [6.45, 7) is 4.68. The maximum Gasteiger partial charge on any atom is 0.303 e. The summed E-state index contributed by atoms with van der Waals surface area (Å²) < 4.78 is 11.1. The zero-order valence-corrected chi connectivity index (χ0v) is 11.9. The van der Waals surface area contributed by atoms with Crippen molar-refractivity contribution >= 4 is 11.7 Å². The van der Waals surface area contributed by atoms with Crippen molar-refractivity contribution in [2.24, 2.45) is 0 Å². The second-order valence-electron chi connectivity index (χ2n) is 5.33. The van der Waals surface area contributed by atoms with Crippen LogP contribution in [-0.2, 0) is 14.3 Å². The minimum absolute atomic E-state index is 0.336. The number of aliphatic hydroxyl groups is 1. The Labute approximate surface area is 117 Å². The Balaban J connectivity index is 2.26. The highest BCUT2D eigenvalue weighted by atomic mass is 16.6. The van der Waals surface area contributed by atoms with E-state index in [-0.39, 0.29) is 6.10 Å². The van der Waals surface area contributed by atoms with Gasteiger partial charge in [0.05, 0.1) is 24.1 Å². The van der Waals surface area contributed by atoms with Gasteiger partial charge in [-0.2, -0.15) is 0 Å². The van der Waals surface area contributed by atoms with Crippen molar-refractivity contribution in [1.82, 2.24) is 4.98 Å². The summed E-state index contributed by atoms with van der Waals surface area (Å²) in [5.41, 5.74) is 5.98. The van der Waals surface area contributed by atoms with E-state index in [1.807, 2.05) is 0 Å². The number of aromatic nitrogens is 1. The summed E-state index contributed by atoms with van der Waals surface area (Å²) in [4.78, 5) is 15.1. The third-order valence-electron chi connectivity index (χ3n) is 3.81. The highest BCUT2D eigenvalue weighted by molar-refractivity contribution is 5.66. The average Bonchev–Trinajstić information content (AvgIpc) is 2.35. The standard InChI is InChI=1S/C14H20N2O4/c1-8-14(3,18)13(20-9(2)17)6-12(19-8)10-4-5-16-7-11(10)15/h4-5,7-8,12-13,18H,6,15H2,1-3H3/t8-,12?,13-,14-/m0/s1. The van der Waals surface area contributed by atoms with Crippen LogP contribution >= 0.6 is 0 Å². The predicted octanol–water partition coefficient (Wildman–Crippen LogP) is 1.20. The minimum Gasteiger partial charge on any atom is -0.459 e. The number of hydrogen-bond donors (Lipinski definition) is 2. The Kier molecular flexibility index (Phi) is 3.96. The molecule has 0 spiro atoms. The summed E-state index contributed by atoms with van der Waals surface area (Å²) >= 11 is 0. The molecule has 1 aliphatic rings. The first-order valence-electron chi connectivity index (χ1n) is 6.56. The fourth-order valence-corrected chi connectivity index (χ4v) is 2.41. The third kappa shape index (κ3) is 2.76. The van der Waals surface area contributed by atoms with Crippen molar-refractivity contribution in [3.63, 3.8) is 0 Å². The molecular formula is C14H20N2O4. The minimum atomic E-state index is -1.23. The zero-order chi connectivity index (χ0) is 14.9. The first-order valence-corrected chi connectivity index (χ1v) is 6.56. The number of nitrogens with two attached hydrogens (primary N) is 1. The fourth-order valence-electron chi connectivity index (χ4n) is 2.41. The molecular weight excluding hydrogens is 260 g/mol. The lowest BCUT2D eigenvalue weighted by Crippen LogP contribution is -2.55. The van der Waals surface area contributed by atoms with E-state index in [0.717, 1.165) is 5.56 Å². The molecule has 4 atom stereocenters. The van der Waals surface area contributed by atoms with Crippen LogP contribution in [0.4, 0.5) is 5.69 Å². The molecule has 1 aliphatic heterocycles. The molecule has 1 aromatic rings. The predicted molar refractivity (Wildman–Crippen MR) is 72.7 cm³/mol. The van der Waals surface area contributed by atoms with E-state index in [1.54, 1.807) is 32.3 Å². The van der Waals surface area contributed by atoms with Crippen LogP contribution in [0.1, 0.15) is 38.9 Å². The second-order valence-corrected chi connectivity index (χ2v) is 5.33. The van der Waals surface area contributed by atoms with Crippen LogP contribution in [0.5, 0.6) is 0 Å². The Morgan fingerprint density at radius 2 is 2.35 bits per heavy atom. The maximum absolute atomic E-state index is 11.2. The highest BCUT2D eigenvalue weighted by Crippen LogP contribution is 2.39. The van der Waals surface area contributed by atoms with Crippen LogP contribution in [0.15, 0.2) is 18.5 Å². The lowest BCUT2D eigenvalue weighted by atomic mass is 9.84. The number of anilines is 1. The normalized spacial score (nSPS) is 33.7. The summed E-state index contributed by atoms with van der Waals surface area (Å²) in [5.74, 6) is -0.425. The first kappa shape index (κ1) is 14.7. The van der Waals surface area contributed by atoms with Gasteiger partial charge in [0.15, 0.2) is 0 Å². The zero-order valence-electron chi connectivity index (χ0n) is 11.9. The number of hydrogen-bond acceptors (Lipinski definition) is 6. The lowest BCUT2D eigenvalue weighted by Gasteiger charge is -2.44. The molecule has 2 heterocycles. The quantitative estimate of drug-likeness (QED) is 0.790. The molecule has 20 heavy (non-hydrogen) atoms. The van der Waals surface area contributed by atoms with Crippen LogP contribution in [0.25, 0.3) is 0 Å². The Morgan fingerprint density at radius 1 is 1.65 bits per heavy atom. The Bertz CT molecular complexity index is 504. The van der Waals surface area contributed by atoms with Gasteiger partial charge in [0, 0.05) is 25.1 Å². The molecule has 0 radical (unpaired) electrons. The van der Waals surface area contributed by atoms with Crippen LogP contribution in [0.2, 0.25) is 0 Å². The van der Waals surface area contributed by atoms with Crippen LogP contribution in [-0.4, -0.2) is 33.9 Å². The van der Waals surface area contributed by atoms with E-state index in [0.29, 0.717) is 12.1 Å². The second kappa shape index (κ2) is 5.38. The SMILES string of the molecule is CC(=O)O[C@H]1CC(c2ccncc2N)O[C@@H](C)[C@]1(C)O. The van der Waals surface area contributed by atoms with E-state index in [1.165, 1.54) is 6.92 Å². The van der Waals surface area contributed by atoms with Gasteiger partial charge in [0.25, 0.3) is 0 Å². The molecule has 2 rings (SSSR count). The monoisotopic (exact) mass is 280 g/mol. The number of carbonyl (C=O) groups excluding carboxylic acids is 1. The van der Waals surface area contributed by atoms with Gasteiger partial charge in [-0.15, -0.1) is 0 Å². The van der Waals surface area contributed by atoms with E-state index in [9.17, 15) is 9.90 Å². The molecule has 1 aromatic heterocycles. The molecule has 1 saturated heterocycles. The number of pyridine rings is 1. The molecule has 3 N–H and O–H groups in total. The van der Waals surface area contributed by atoms with Gasteiger partial charge in [-0.3, -0.25) is 9.78 Å². The summed E-state index contributed by atoms with van der Waals surface area (Å²) in [6.07, 6.45) is 2.08. The van der Waals surface area contributed by atoms with Crippen LogP contribution in [0.3, 0.4) is 0 Å². The summed E-state index contributed by atoms with van der Waals surface area (Å²) in [5, 5.41) is 10.4. The maximum atomic E-state index is 11.2. The molecule has 0 aromatic carbocycles. The molecule has 1 unspecified atom stereocenters. The molecule has 0 aliphatic carbocycles. The largest absolute Gasteiger partial charge is 0.459 e. The third-order valence-corrected chi connectivity index (χ3v) is 3.81. The van der Waals surface area contributed by atoms with Gasteiger partial charge >= 0.3 is 5.97 Å². The van der Waals surface area contributed by atoms with E-state index in [2.05, 4.69) is 4.98 Å². The molecule has 6 heteroatoms. The molecule has 6 nitrogen and oxygen atoms in total. The molecule has 110 valence electrons. The molecule has 0 amide bonds. The molecule has 0 saturated carbocycles.